The van der Waals surface area contributed by atoms with Crippen LogP contribution in [0.1, 0.15) is 16.2 Å². The van der Waals surface area contributed by atoms with Gasteiger partial charge in [0.25, 0.3) is 0 Å². The summed E-state index contributed by atoms with van der Waals surface area (Å²) in [4.78, 5) is 14.0. The van der Waals surface area contributed by atoms with Crippen molar-refractivity contribution in [3.8, 4) is 11.5 Å². The molecule has 19 heavy (non-hydrogen) atoms. The fourth-order valence-electron chi connectivity index (χ4n) is 1.41. The number of carboxylic acid groups (broad SMARTS) is 1. The van der Waals surface area contributed by atoms with Gasteiger partial charge in [-0.05, 0) is 34.7 Å². The van der Waals surface area contributed by atoms with Gasteiger partial charge in [-0.25, -0.2) is 9.78 Å². The largest absolute Gasteiger partial charge is 0.475 e. The number of nitrogens with zero attached hydrogens (tertiary/aromatic N) is 1. The van der Waals surface area contributed by atoms with Crippen LogP contribution >= 0.6 is 22.6 Å². The molecule has 0 saturated heterocycles. The van der Waals surface area contributed by atoms with Crippen molar-refractivity contribution in [2.24, 2.45) is 0 Å². The Balaban J connectivity index is 2.62. The second kappa shape index (κ2) is 4.83. The van der Waals surface area contributed by atoms with Gasteiger partial charge in [-0.15, -0.1) is 0 Å². The molecule has 0 fully saturated rings. The Morgan fingerprint density at radius 1 is 1.32 bits per heavy atom. The van der Waals surface area contributed by atoms with Crippen molar-refractivity contribution in [2.45, 2.75) is 6.18 Å². The van der Waals surface area contributed by atoms with Crippen molar-refractivity contribution < 1.29 is 27.5 Å². The zero-order chi connectivity index (χ0) is 14.2. The SMILES string of the molecule is O=C(O)c1oc(-c2ccccc2I)nc1C(F)(F)F. The van der Waals surface area contributed by atoms with Crippen LogP contribution in [0.5, 0.6) is 0 Å². The van der Waals surface area contributed by atoms with Crippen LogP contribution in [-0.4, -0.2) is 16.1 Å². The average molecular weight is 383 g/mol. The van der Waals surface area contributed by atoms with Gasteiger partial charge in [0, 0.05) is 3.57 Å². The fraction of sp³-hybridized carbons (Fsp3) is 0.0909. The van der Waals surface area contributed by atoms with E-state index in [9.17, 15) is 18.0 Å². The summed E-state index contributed by atoms with van der Waals surface area (Å²) in [6.07, 6.45) is -4.88. The molecule has 0 unspecified atom stereocenters. The molecule has 100 valence electrons. The third-order valence-electron chi connectivity index (χ3n) is 2.19. The van der Waals surface area contributed by atoms with Gasteiger partial charge in [-0.2, -0.15) is 13.2 Å². The first kappa shape index (κ1) is 13.8. The summed E-state index contributed by atoms with van der Waals surface area (Å²) in [5.41, 5.74) is -1.23. The molecule has 0 bridgehead atoms. The van der Waals surface area contributed by atoms with Crippen molar-refractivity contribution in [2.75, 3.05) is 0 Å². The van der Waals surface area contributed by atoms with Gasteiger partial charge in [0.05, 0.1) is 5.56 Å². The molecule has 1 aromatic heterocycles. The number of aromatic carboxylic acids is 1. The number of benzene rings is 1. The number of hydrogen-bond donors (Lipinski definition) is 1. The summed E-state index contributed by atoms with van der Waals surface area (Å²) in [5.74, 6) is -3.38. The maximum absolute atomic E-state index is 12.7. The predicted molar refractivity (Wildman–Crippen MR) is 66.6 cm³/mol. The van der Waals surface area contributed by atoms with E-state index in [-0.39, 0.29) is 5.89 Å². The molecular formula is C11H5F3INO3. The van der Waals surface area contributed by atoms with E-state index in [1.807, 2.05) is 22.6 Å². The minimum Gasteiger partial charge on any atom is -0.475 e. The number of hydrogen-bond acceptors (Lipinski definition) is 3. The zero-order valence-corrected chi connectivity index (χ0v) is 11.2. The van der Waals surface area contributed by atoms with Crippen LogP contribution in [0.4, 0.5) is 13.2 Å². The molecule has 0 aliphatic carbocycles. The first-order valence-corrected chi connectivity index (χ1v) is 5.95. The molecule has 1 N–H and O–H groups in total. The summed E-state index contributed by atoms with van der Waals surface area (Å²) >= 11 is 1.89. The molecule has 1 aromatic carbocycles. The lowest BCUT2D eigenvalue weighted by atomic mass is 10.2. The van der Waals surface area contributed by atoms with E-state index >= 15 is 0 Å². The Labute approximate surface area is 118 Å². The van der Waals surface area contributed by atoms with E-state index < -0.39 is 23.6 Å². The van der Waals surface area contributed by atoms with Crippen LogP contribution < -0.4 is 0 Å². The molecule has 2 aromatic rings. The third kappa shape index (κ3) is 2.72. The average Bonchev–Trinajstić information content (AvgIpc) is 2.74. The number of rotatable bonds is 2. The summed E-state index contributed by atoms with van der Waals surface area (Å²) in [7, 11) is 0. The zero-order valence-electron chi connectivity index (χ0n) is 9.03. The molecule has 4 nitrogen and oxygen atoms in total. The predicted octanol–water partition coefficient (Wildman–Crippen LogP) is 3.66. The highest BCUT2D eigenvalue weighted by Crippen LogP contribution is 2.35. The van der Waals surface area contributed by atoms with Gasteiger partial charge < -0.3 is 9.52 Å². The Hall–Kier alpha value is -1.58. The summed E-state index contributed by atoms with van der Waals surface area (Å²) in [6, 6.07) is 6.43. The number of halogens is 4. The van der Waals surface area contributed by atoms with E-state index in [1.54, 1.807) is 18.2 Å². The molecule has 2 rings (SSSR count). The molecule has 0 saturated carbocycles. The Bertz CT molecular complexity index is 636. The quantitative estimate of drug-likeness (QED) is 0.805. The van der Waals surface area contributed by atoms with Gasteiger partial charge in [-0.3, -0.25) is 0 Å². The molecule has 0 aliphatic rings. The third-order valence-corrected chi connectivity index (χ3v) is 3.13. The number of oxazole rings is 1. The van der Waals surface area contributed by atoms with Crippen LogP contribution in [0, 0.1) is 3.57 Å². The maximum Gasteiger partial charge on any atom is 0.437 e. The second-order valence-corrected chi connectivity index (χ2v) is 4.64. The minimum absolute atomic E-state index is 0.307. The lowest BCUT2D eigenvalue weighted by molar-refractivity contribution is -0.141. The van der Waals surface area contributed by atoms with Gasteiger partial charge in [0.2, 0.25) is 11.7 Å². The first-order valence-electron chi connectivity index (χ1n) is 4.87. The lowest BCUT2D eigenvalue weighted by Crippen LogP contribution is -2.11. The van der Waals surface area contributed by atoms with Crippen LogP contribution in [0.2, 0.25) is 0 Å². The number of aromatic nitrogens is 1. The highest BCUT2D eigenvalue weighted by Gasteiger charge is 2.41. The molecule has 0 aliphatic heterocycles. The highest BCUT2D eigenvalue weighted by molar-refractivity contribution is 14.1. The molecule has 8 heteroatoms. The molecule has 0 amide bonds. The molecule has 0 spiro atoms. The normalized spacial score (nSPS) is 11.6. The van der Waals surface area contributed by atoms with Crippen LogP contribution in [0.15, 0.2) is 28.7 Å². The van der Waals surface area contributed by atoms with E-state index in [0.29, 0.717) is 9.13 Å². The summed E-state index contributed by atoms with van der Waals surface area (Å²) < 4.78 is 43.3. The van der Waals surface area contributed by atoms with Crippen molar-refractivity contribution in [1.29, 1.82) is 0 Å². The smallest absolute Gasteiger partial charge is 0.437 e. The van der Waals surface area contributed by atoms with Crippen molar-refractivity contribution in [1.82, 2.24) is 4.98 Å². The lowest BCUT2D eigenvalue weighted by Gasteiger charge is -2.01. The van der Waals surface area contributed by atoms with Crippen LogP contribution in [0.3, 0.4) is 0 Å². The van der Waals surface area contributed by atoms with Gasteiger partial charge in [0.1, 0.15) is 0 Å². The van der Waals surface area contributed by atoms with Crippen LogP contribution in [0.25, 0.3) is 11.5 Å². The molecular weight excluding hydrogens is 378 g/mol. The minimum atomic E-state index is -4.88. The Kier molecular flexibility index (Phi) is 3.52. The van der Waals surface area contributed by atoms with E-state index in [0.717, 1.165) is 0 Å². The van der Waals surface area contributed by atoms with E-state index in [1.165, 1.54) is 6.07 Å². The van der Waals surface area contributed by atoms with Crippen molar-refractivity contribution >= 4 is 28.6 Å². The number of alkyl halides is 3. The van der Waals surface area contributed by atoms with E-state index in [4.69, 9.17) is 9.52 Å². The Morgan fingerprint density at radius 2 is 1.95 bits per heavy atom. The summed E-state index contributed by atoms with van der Waals surface area (Å²) in [6.45, 7) is 0. The standard InChI is InChI=1S/C11H5F3INO3/c12-11(13,14)8-7(10(17)18)19-9(16-8)5-3-1-2-4-6(5)15/h1-4H,(H,17,18). The molecule has 0 atom stereocenters. The first-order chi connectivity index (χ1) is 8.80. The Morgan fingerprint density at radius 3 is 2.42 bits per heavy atom. The van der Waals surface area contributed by atoms with Crippen LogP contribution in [-0.2, 0) is 6.18 Å². The number of carbonyl (C=O) groups is 1. The monoisotopic (exact) mass is 383 g/mol. The van der Waals surface area contributed by atoms with Gasteiger partial charge in [0.15, 0.2) is 5.69 Å². The number of carboxylic acids is 1. The maximum atomic E-state index is 12.7. The molecule has 0 radical (unpaired) electrons. The van der Waals surface area contributed by atoms with Crippen molar-refractivity contribution in [3.05, 3.63) is 39.3 Å². The van der Waals surface area contributed by atoms with E-state index in [2.05, 4.69) is 4.98 Å². The molecule has 1 heterocycles. The van der Waals surface area contributed by atoms with Gasteiger partial charge in [-0.1, -0.05) is 12.1 Å². The fourth-order valence-corrected chi connectivity index (χ4v) is 2.03. The topological polar surface area (TPSA) is 63.3 Å². The highest BCUT2D eigenvalue weighted by atomic mass is 127. The summed E-state index contributed by atoms with van der Waals surface area (Å²) in [5, 5.41) is 8.72. The van der Waals surface area contributed by atoms with Gasteiger partial charge >= 0.3 is 12.1 Å². The second-order valence-electron chi connectivity index (χ2n) is 3.48. The van der Waals surface area contributed by atoms with Crippen molar-refractivity contribution in [3.63, 3.8) is 0 Å².